The average Bonchev–Trinajstić information content (AvgIpc) is 2.86. The second-order valence-electron chi connectivity index (χ2n) is 7.95. The van der Waals surface area contributed by atoms with E-state index in [1.807, 2.05) is 30.3 Å². The number of anilines is 1. The van der Waals surface area contributed by atoms with Crippen LogP contribution in [0, 0.1) is 0 Å². The van der Waals surface area contributed by atoms with Gasteiger partial charge in [-0.1, -0.05) is 60.1 Å². The largest absolute Gasteiger partial charge is 0.416 e. The van der Waals surface area contributed by atoms with Gasteiger partial charge in [-0.15, -0.1) is 0 Å². The molecule has 0 saturated carbocycles. The smallest absolute Gasteiger partial charge is 0.322 e. The Kier molecular flexibility index (Phi) is 7.07. The lowest BCUT2D eigenvalue weighted by molar-refractivity contribution is -0.137. The van der Waals surface area contributed by atoms with Gasteiger partial charge in [-0.25, -0.2) is 4.79 Å². The van der Waals surface area contributed by atoms with Crippen LogP contribution in [-0.4, -0.2) is 11.0 Å². The first-order valence-electron chi connectivity index (χ1n) is 10.7. The number of halogens is 4. The Labute approximate surface area is 205 Å². The molecule has 4 rings (SSSR count). The summed E-state index contributed by atoms with van der Waals surface area (Å²) in [7, 11) is 0. The monoisotopic (exact) mass is 495 g/mol. The van der Waals surface area contributed by atoms with E-state index in [4.69, 9.17) is 11.6 Å². The maximum atomic E-state index is 13.6. The molecule has 4 nitrogen and oxygen atoms in total. The highest BCUT2D eigenvalue weighted by atomic mass is 35.5. The summed E-state index contributed by atoms with van der Waals surface area (Å²) in [5.74, 6) is 0. The summed E-state index contributed by atoms with van der Waals surface area (Å²) in [5.41, 5.74) is -0.285. The normalized spacial score (nSPS) is 13.0. The quantitative estimate of drug-likeness (QED) is 0.301. The summed E-state index contributed by atoms with van der Waals surface area (Å²) in [6, 6.07) is 25.2. The Hall–Kier alpha value is -3.84. The van der Waals surface area contributed by atoms with Gasteiger partial charge in [0.2, 0.25) is 0 Å². The van der Waals surface area contributed by atoms with E-state index < -0.39 is 23.3 Å². The summed E-state index contributed by atoms with van der Waals surface area (Å²) in [6.45, 7) is 0. The number of benzene rings is 3. The van der Waals surface area contributed by atoms with Crippen molar-refractivity contribution in [3.05, 3.63) is 131 Å². The number of aromatic nitrogens is 1. The number of nitrogens with one attached hydrogen (secondary N) is 2. The molecule has 8 heteroatoms. The third-order valence-corrected chi connectivity index (χ3v) is 5.78. The number of nitrogens with zero attached hydrogens (tertiary/aromatic N) is 1. The van der Waals surface area contributed by atoms with Crippen LogP contribution in [0.4, 0.5) is 23.7 Å². The van der Waals surface area contributed by atoms with E-state index in [1.54, 1.807) is 54.7 Å². The molecule has 0 aliphatic carbocycles. The number of hydrogen-bond acceptors (Lipinski definition) is 2. The highest BCUT2D eigenvalue weighted by molar-refractivity contribution is 6.30. The number of carbonyl (C=O) groups is 1. The number of alkyl halides is 3. The lowest BCUT2D eigenvalue weighted by atomic mass is 9.80. The van der Waals surface area contributed by atoms with Gasteiger partial charge in [-0.2, -0.15) is 13.2 Å². The first-order chi connectivity index (χ1) is 16.8. The van der Waals surface area contributed by atoms with Gasteiger partial charge in [0.05, 0.1) is 11.3 Å². The lowest BCUT2D eigenvalue weighted by Crippen LogP contribution is -2.50. The van der Waals surface area contributed by atoms with Crippen molar-refractivity contribution in [3.8, 4) is 0 Å². The summed E-state index contributed by atoms with van der Waals surface area (Å²) in [4.78, 5) is 17.7. The second kappa shape index (κ2) is 10.2. The van der Waals surface area contributed by atoms with Gasteiger partial charge < -0.3 is 10.6 Å². The minimum atomic E-state index is -4.55. The van der Waals surface area contributed by atoms with Gasteiger partial charge in [0.15, 0.2) is 0 Å². The fourth-order valence-corrected chi connectivity index (χ4v) is 4.01. The van der Waals surface area contributed by atoms with Crippen LogP contribution in [0.5, 0.6) is 0 Å². The molecule has 178 valence electrons. The predicted octanol–water partition coefficient (Wildman–Crippen LogP) is 7.06. The Morgan fingerprint density at radius 2 is 1.51 bits per heavy atom. The van der Waals surface area contributed by atoms with Crippen LogP contribution in [0.25, 0.3) is 0 Å². The van der Waals surface area contributed by atoms with Crippen LogP contribution in [0.3, 0.4) is 0 Å². The fraction of sp³-hybridized carbons (Fsp3) is 0.111. The molecule has 0 fully saturated rings. The molecule has 0 saturated heterocycles. The van der Waals surface area contributed by atoms with Crippen LogP contribution >= 0.6 is 11.6 Å². The Morgan fingerprint density at radius 1 is 0.829 bits per heavy atom. The summed E-state index contributed by atoms with van der Waals surface area (Å²) < 4.78 is 40.9. The molecule has 0 aliphatic heterocycles. The SMILES string of the molecule is O=C(Nc1ccc(Cl)cc1)NC(Cc1ccccc1)(c1cccc(C(F)(F)F)c1)c1ccccn1. The molecule has 1 unspecified atom stereocenters. The maximum Gasteiger partial charge on any atom is 0.416 e. The van der Waals surface area contributed by atoms with Crippen LogP contribution in [-0.2, 0) is 18.1 Å². The molecule has 1 heterocycles. The van der Waals surface area contributed by atoms with Crippen molar-refractivity contribution in [1.82, 2.24) is 10.3 Å². The van der Waals surface area contributed by atoms with E-state index in [0.717, 1.165) is 17.7 Å². The summed E-state index contributed by atoms with van der Waals surface area (Å²) >= 11 is 5.93. The third kappa shape index (κ3) is 5.81. The number of rotatable bonds is 6. The van der Waals surface area contributed by atoms with Gasteiger partial charge in [0, 0.05) is 23.3 Å². The van der Waals surface area contributed by atoms with Gasteiger partial charge in [-0.3, -0.25) is 4.98 Å². The highest BCUT2D eigenvalue weighted by Crippen LogP contribution is 2.37. The van der Waals surface area contributed by atoms with Crippen molar-refractivity contribution in [2.24, 2.45) is 0 Å². The molecule has 2 N–H and O–H groups in total. The molecule has 3 aromatic carbocycles. The van der Waals surface area contributed by atoms with Crippen molar-refractivity contribution in [2.45, 2.75) is 18.1 Å². The number of carbonyl (C=O) groups excluding carboxylic acids is 1. The van der Waals surface area contributed by atoms with Gasteiger partial charge in [-0.05, 0) is 59.7 Å². The molecule has 0 aliphatic rings. The van der Waals surface area contributed by atoms with Crippen molar-refractivity contribution < 1.29 is 18.0 Å². The van der Waals surface area contributed by atoms with E-state index in [0.29, 0.717) is 16.4 Å². The van der Waals surface area contributed by atoms with Gasteiger partial charge >= 0.3 is 12.2 Å². The lowest BCUT2D eigenvalue weighted by Gasteiger charge is -2.35. The molecule has 0 radical (unpaired) electrons. The van der Waals surface area contributed by atoms with E-state index in [-0.39, 0.29) is 12.0 Å². The number of urea groups is 1. The summed E-state index contributed by atoms with van der Waals surface area (Å²) in [6.07, 6.45) is -2.84. The predicted molar refractivity (Wildman–Crippen MR) is 130 cm³/mol. The van der Waals surface area contributed by atoms with Crippen LogP contribution in [0.1, 0.15) is 22.4 Å². The molecule has 4 aromatic rings. The van der Waals surface area contributed by atoms with Crippen molar-refractivity contribution in [3.63, 3.8) is 0 Å². The minimum absolute atomic E-state index is 0.167. The van der Waals surface area contributed by atoms with Crippen molar-refractivity contribution >= 4 is 23.3 Å². The van der Waals surface area contributed by atoms with E-state index in [1.165, 1.54) is 6.07 Å². The molecule has 2 amide bonds. The Balaban J connectivity index is 1.84. The first-order valence-corrected chi connectivity index (χ1v) is 11.1. The van der Waals surface area contributed by atoms with Crippen molar-refractivity contribution in [1.29, 1.82) is 0 Å². The zero-order valence-corrected chi connectivity index (χ0v) is 19.1. The molecule has 0 spiro atoms. The Morgan fingerprint density at radius 3 is 2.17 bits per heavy atom. The fourth-order valence-electron chi connectivity index (χ4n) is 3.89. The van der Waals surface area contributed by atoms with E-state index in [2.05, 4.69) is 15.6 Å². The topological polar surface area (TPSA) is 54.0 Å². The van der Waals surface area contributed by atoms with Crippen molar-refractivity contribution in [2.75, 3.05) is 5.32 Å². The molecule has 0 bridgehead atoms. The number of amides is 2. The van der Waals surface area contributed by atoms with E-state index >= 15 is 0 Å². The van der Waals surface area contributed by atoms with Crippen LogP contribution in [0.15, 0.2) is 103 Å². The first kappa shape index (κ1) is 24.3. The second-order valence-corrected chi connectivity index (χ2v) is 8.38. The van der Waals surface area contributed by atoms with Crippen LogP contribution < -0.4 is 10.6 Å². The Bertz CT molecular complexity index is 1280. The van der Waals surface area contributed by atoms with Gasteiger partial charge in [0.25, 0.3) is 0 Å². The molecular weight excluding hydrogens is 475 g/mol. The molecular formula is C27H21ClF3N3O. The minimum Gasteiger partial charge on any atom is -0.322 e. The zero-order valence-electron chi connectivity index (χ0n) is 18.4. The average molecular weight is 496 g/mol. The molecule has 1 aromatic heterocycles. The number of pyridine rings is 1. The zero-order chi connectivity index (χ0) is 24.9. The maximum absolute atomic E-state index is 13.6. The standard InChI is InChI=1S/C27H21ClF3N3O/c28-22-12-14-23(15-13-22)33-25(35)34-26(24-11-4-5-16-32-24,18-19-7-2-1-3-8-19)20-9-6-10-21(17-20)27(29,30)31/h1-17H,18H2,(H2,33,34,35). The van der Waals surface area contributed by atoms with E-state index in [9.17, 15) is 18.0 Å². The van der Waals surface area contributed by atoms with Crippen LogP contribution in [0.2, 0.25) is 5.02 Å². The molecule has 35 heavy (non-hydrogen) atoms. The molecule has 1 atom stereocenters. The highest BCUT2D eigenvalue weighted by Gasteiger charge is 2.40. The number of hydrogen-bond donors (Lipinski definition) is 2. The third-order valence-electron chi connectivity index (χ3n) is 5.53. The summed E-state index contributed by atoms with van der Waals surface area (Å²) in [5, 5.41) is 6.18. The van der Waals surface area contributed by atoms with Gasteiger partial charge in [0.1, 0.15) is 5.54 Å².